The van der Waals surface area contributed by atoms with Crippen LogP contribution in [-0.4, -0.2) is 31.6 Å². The van der Waals surface area contributed by atoms with Crippen LogP contribution < -0.4 is 5.32 Å². The molecule has 2 aliphatic heterocycles. The lowest BCUT2D eigenvalue weighted by Gasteiger charge is -2.10. The molecule has 3 heteroatoms. The van der Waals surface area contributed by atoms with Gasteiger partial charge in [-0.25, -0.2) is 0 Å². The molecule has 68 valence electrons. The first kappa shape index (κ1) is 8.05. The van der Waals surface area contributed by atoms with Gasteiger partial charge in [-0.2, -0.15) is 0 Å². The molecule has 0 spiro atoms. The maximum Gasteiger partial charge on any atom is 0.0964 e. The molecule has 0 amide bonds. The van der Waals surface area contributed by atoms with Gasteiger partial charge in [-0.3, -0.25) is 4.99 Å². The van der Waals surface area contributed by atoms with E-state index in [2.05, 4.69) is 10.3 Å². The minimum Gasteiger partial charge on any atom is -0.376 e. The summed E-state index contributed by atoms with van der Waals surface area (Å²) in [6, 6.07) is 0. The van der Waals surface area contributed by atoms with Crippen molar-refractivity contribution in [2.75, 3.05) is 19.7 Å². The highest BCUT2D eigenvalue weighted by Crippen LogP contribution is 2.11. The van der Waals surface area contributed by atoms with Crippen LogP contribution in [-0.2, 0) is 4.74 Å². The minimum atomic E-state index is 0.438. The van der Waals surface area contributed by atoms with Crippen molar-refractivity contribution in [3.8, 4) is 0 Å². The van der Waals surface area contributed by atoms with Crippen molar-refractivity contribution in [2.45, 2.75) is 31.8 Å². The van der Waals surface area contributed by atoms with Crippen LogP contribution in [0.5, 0.6) is 0 Å². The quantitative estimate of drug-likeness (QED) is 0.666. The molecule has 1 atom stereocenters. The van der Waals surface area contributed by atoms with E-state index in [1.54, 1.807) is 0 Å². The molecule has 2 aliphatic rings. The Morgan fingerprint density at radius 1 is 1.50 bits per heavy atom. The van der Waals surface area contributed by atoms with E-state index in [1.807, 2.05) is 0 Å². The molecular weight excluding hydrogens is 152 g/mol. The second-order valence-corrected chi connectivity index (χ2v) is 3.45. The van der Waals surface area contributed by atoms with E-state index in [9.17, 15) is 0 Å². The molecule has 0 bridgehead atoms. The van der Waals surface area contributed by atoms with Crippen LogP contribution in [0.3, 0.4) is 0 Å². The molecule has 12 heavy (non-hydrogen) atoms. The Labute approximate surface area is 73.2 Å². The molecule has 0 radical (unpaired) electrons. The minimum absolute atomic E-state index is 0.438. The zero-order valence-corrected chi connectivity index (χ0v) is 7.38. The van der Waals surface area contributed by atoms with Crippen molar-refractivity contribution in [1.82, 2.24) is 5.32 Å². The molecule has 0 aliphatic carbocycles. The van der Waals surface area contributed by atoms with Gasteiger partial charge in [0, 0.05) is 26.1 Å². The molecule has 1 N–H and O–H groups in total. The zero-order valence-electron chi connectivity index (χ0n) is 7.38. The fraction of sp³-hybridized carbons (Fsp3) is 0.889. The largest absolute Gasteiger partial charge is 0.376 e. The highest BCUT2D eigenvalue weighted by atomic mass is 16.5. The lowest BCUT2D eigenvalue weighted by Crippen LogP contribution is -2.30. The van der Waals surface area contributed by atoms with Crippen LogP contribution in [0.2, 0.25) is 0 Å². The summed E-state index contributed by atoms with van der Waals surface area (Å²) < 4.78 is 5.50. The van der Waals surface area contributed by atoms with Gasteiger partial charge in [-0.15, -0.1) is 0 Å². The molecule has 0 aromatic rings. The van der Waals surface area contributed by atoms with E-state index in [4.69, 9.17) is 4.74 Å². The lowest BCUT2D eigenvalue weighted by atomic mass is 10.2. The Morgan fingerprint density at radius 3 is 3.17 bits per heavy atom. The second-order valence-electron chi connectivity index (χ2n) is 3.45. The number of nitrogens with zero attached hydrogens (tertiary/aromatic N) is 1. The Morgan fingerprint density at radius 2 is 2.50 bits per heavy atom. The monoisotopic (exact) mass is 168 g/mol. The summed E-state index contributed by atoms with van der Waals surface area (Å²) in [5, 5.41) is 3.35. The standard InChI is InChI=1S/C9H16N2O/c1-4-9(10-5-1)11-7-8-3-2-6-12-8/h8H,1-7H2,(H,10,11). The van der Waals surface area contributed by atoms with Crippen LogP contribution in [0.4, 0.5) is 0 Å². The van der Waals surface area contributed by atoms with Crippen LogP contribution >= 0.6 is 0 Å². The van der Waals surface area contributed by atoms with E-state index in [1.165, 1.54) is 25.1 Å². The van der Waals surface area contributed by atoms with Crippen molar-refractivity contribution in [1.29, 1.82) is 0 Å². The SMILES string of the molecule is C1CN=C(NCC2CCCO2)C1. The summed E-state index contributed by atoms with van der Waals surface area (Å²) in [7, 11) is 0. The molecule has 1 fully saturated rings. The maximum absolute atomic E-state index is 5.50. The fourth-order valence-electron chi connectivity index (χ4n) is 1.72. The third kappa shape index (κ3) is 1.97. The molecule has 0 saturated carbocycles. The highest BCUT2D eigenvalue weighted by molar-refractivity contribution is 5.83. The lowest BCUT2D eigenvalue weighted by molar-refractivity contribution is 0.114. The first-order chi connectivity index (χ1) is 5.95. The van der Waals surface area contributed by atoms with Gasteiger partial charge < -0.3 is 10.1 Å². The summed E-state index contributed by atoms with van der Waals surface area (Å²) >= 11 is 0. The molecular formula is C9H16N2O. The predicted molar refractivity (Wildman–Crippen MR) is 48.5 cm³/mol. The van der Waals surface area contributed by atoms with Crippen molar-refractivity contribution in [3.63, 3.8) is 0 Å². The van der Waals surface area contributed by atoms with Crippen LogP contribution in [0.1, 0.15) is 25.7 Å². The third-order valence-electron chi connectivity index (χ3n) is 2.43. The van der Waals surface area contributed by atoms with Gasteiger partial charge in [0.05, 0.1) is 11.9 Å². The summed E-state index contributed by atoms with van der Waals surface area (Å²) in [4.78, 5) is 4.35. The maximum atomic E-state index is 5.50. The Kier molecular flexibility index (Phi) is 2.61. The average molecular weight is 168 g/mol. The van der Waals surface area contributed by atoms with Gasteiger partial charge in [0.25, 0.3) is 0 Å². The second kappa shape index (κ2) is 3.90. The fourth-order valence-corrected chi connectivity index (χ4v) is 1.72. The third-order valence-corrected chi connectivity index (χ3v) is 2.43. The molecule has 0 aromatic carbocycles. The Balaban J connectivity index is 1.67. The predicted octanol–water partition coefficient (Wildman–Crippen LogP) is 0.947. The van der Waals surface area contributed by atoms with Gasteiger partial charge in [-0.05, 0) is 19.3 Å². The zero-order chi connectivity index (χ0) is 8.23. The number of nitrogens with one attached hydrogen (secondary N) is 1. The van der Waals surface area contributed by atoms with Gasteiger partial charge in [0.2, 0.25) is 0 Å². The number of hydrogen-bond acceptors (Lipinski definition) is 3. The molecule has 1 saturated heterocycles. The van der Waals surface area contributed by atoms with E-state index in [0.29, 0.717) is 6.10 Å². The molecule has 2 rings (SSSR count). The molecule has 1 unspecified atom stereocenters. The van der Waals surface area contributed by atoms with Gasteiger partial charge in [-0.1, -0.05) is 0 Å². The number of amidine groups is 1. The van der Waals surface area contributed by atoms with Crippen LogP contribution in [0.15, 0.2) is 4.99 Å². The summed E-state index contributed by atoms with van der Waals surface area (Å²) in [6.07, 6.45) is 5.22. The Bertz CT molecular complexity index is 173. The van der Waals surface area contributed by atoms with Crippen LogP contribution in [0.25, 0.3) is 0 Å². The number of aliphatic imine (C=N–C) groups is 1. The van der Waals surface area contributed by atoms with Crippen molar-refractivity contribution in [3.05, 3.63) is 0 Å². The number of rotatable bonds is 2. The van der Waals surface area contributed by atoms with E-state index >= 15 is 0 Å². The number of ether oxygens (including phenoxy) is 1. The van der Waals surface area contributed by atoms with Gasteiger partial charge in [0.15, 0.2) is 0 Å². The number of hydrogen-bond donors (Lipinski definition) is 1. The van der Waals surface area contributed by atoms with Crippen molar-refractivity contribution in [2.24, 2.45) is 4.99 Å². The van der Waals surface area contributed by atoms with Crippen molar-refractivity contribution >= 4 is 5.84 Å². The van der Waals surface area contributed by atoms with Gasteiger partial charge in [0.1, 0.15) is 0 Å². The summed E-state index contributed by atoms with van der Waals surface area (Å²) in [5.74, 6) is 1.19. The van der Waals surface area contributed by atoms with E-state index in [-0.39, 0.29) is 0 Å². The average Bonchev–Trinajstić information content (AvgIpc) is 2.74. The molecule has 0 aromatic heterocycles. The van der Waals surface area contributed by atoms with E-state index in [0.717, 1.165) is 26.1 Å². The topological polar surface area (TPSA) is 33.6 Å². The summed E-state index contributed by atoms with van der Waals surface area (Å²) in [6.45, 7) is 2.91. The summed E-state index contributed by atoms with van der Waals surface area (Å²) in [5.41, 5.74) is 0. The molecule has 3 nitrogen and oxygen atoms in total. The smallest absolute Gasteiger partial charge is 0.0964 e. The molecule has 2 heterocycles. The van der Waals surface area contributed by atoms with Gasteiger partial charge >= 0.3 is 0 Å². The van der Waals surface area contributed by atoms with E-state index < -0.39 is 0 Å². The Hall–Kier alpha value is -0.570. The van der Waals surface area contributed by atoms with Crippen LogP contribution in [0, 0.1) is 0 Å². The first-order valence-electron chi connectivity index (χ1n) is 4.84. The van der Waals surface area contributed by atoms with Crippen molar-refractivity contribution < 1.29 is 4.74 Å². The highest BCUT2D eigenvalue weighted by Gasteiger charge is 2.16. The normalized spacial score (nSPS) is 29.0. The first-order valence-corrected chi connectivity index (χ1v) is 4.84.